The fraction of sp³-hybridized carbons (Fsp3) is 0.519. The topological polar surface area (TPSA) is 43.8 Å². The van der Waals surface area contributed by atoms with E-state index in [0.29, 0.717) is 5.56 Å². The Kier molecular flexibility index (Phi) is 7.93. The summed E-state index contributed by atoms with van der Waals surface area (Å²) in [6.07, 6.45) is -2.57. The summed E-state index contributed by atoms with van der Waals surface area (Å²) in [5, 5.41) is 11.1. The Morgan fingerprint density at radius 3 is 2.20 bits per heavy atom. The van der Waals surface area contributed by atoms with Crippen LogP contribution in [0.3, 0.4) is 0 Å². The Labute approximate surface area is 203 Å². The molecule has 2 saturated heterocycles. The third kappa shape index (κ3) is 6.11. The fourth-order valence-corrected chi connectivity index (χ4v) is 5.23. The standard InChI is InChI=1S/C27H32F4N2O2/c28-24(19-23(32-14-5-2-6-15-32)25(34)20-8-3-1-4-9-20)33-16-12-26(35,13-17-33)21-10-7-11-22(18-21)27(29,30)31/h1,3-4,7-11,18,23-24,35H,2,5-6,12-17,19H2. The maximum absolute atomic E-state index is 15.6. The number of halogens is 4. The van der Waals surface area contributed by atoms with E-state index in [0.717, 1.165) is 44.5 Å². The third-order valence-corrected chi connectivity index (χ3v) is 7.36. The monoisotopic (exact) mass is 492 g/mol. The lowest BCUT2D eigenvalue weighted by atomic mass is 9.83. The summed E-state index contributed by atoms with van der Waals surface area (Å²) in [4.78, 5) is 17.0. The second kappa shape index (κ2) is 10.8. The number of carbonyl (C=O) groups is 1. The van der Waals surface area contributed by atoms with Gasteiger partial charge >= 0.3 is 6.18 Å². The van der Waals surface area contributed by atoms with E-state index in [1.807, 2.05) is 6.07 Å². The molecule has 2 fully saturated rings. The molecule has 0 saturated carbocycles. The number of carbonyl (C=O) groups excluding carboxylic acids is 1. The number of aliphatic hydroxyl groups is 1. The summed E-state index contributed by atoms with van der Waals surface area (Å²) >= 11 is 0. The second-order valence-electron chi connectivity index (χ2n) is 9.66. The first-order valence-electron chi connectivity index (χ1n) is 12.3. The smallest absolute Gasteiger partial charge is 0.385 e. The minimum Gasteiger partial charge on any atom is -0.385 e. The number of benzene rings is 2. The summed E-state index contributed by atoms with van der Waals surface area (Å²) in [6.45, 7) is 1.90. The van der Waals surface area contributed by atoms with Gasteiger partial charge in [-0.3, -0.25) is 14.6 Å². The molecule has 35 heavy (non-hydrogen) atoms. The molecule has 4 nitrogen and oxygen atoms in total. The Morgan fingerprint density at radius 2 is 1.57 bits per heavy atom. The van der Waals surface area contributed by atoms with E-state index in [4.69, 9.17) is 0 Å². The number of hydrogen-bond donors (Lipinski definition) is 1. The van der Waals surface area contributed by atoms with Crippen LogP contribution in [-0.2, 0) is 11.8 Å². The highest BCUT2D eigenvalue weighted by Gasteiger charge is 2.40. The number of rotatable bonds is 7. The highest BCUT2D eigenvalue weighted by molar-refractivity contribution is 6.00. The molecular formula is C27H32F4N2O2. The molecule has 0 amide bonds. The van der Waals surface area contributed by atoms with Crippen molar-refractivity contribution in [2.75, 3.05) is 26.2 Å². The maximum atomic E-state index is 15.6. The molecule has 0 aromatic heterocycles. The van der Waals surface area contributed by atoms with Crippen molar-refractivity contribution < 1.29 is 27.5 Å². The van der Waals surface area contributed by atoms with Crippen LogP contribution in [0.25, 0.3) is 0 Å². The van der Waals surface area contributed by atoms with Crippen molar-refractivity contribution in [3.63, 3.8) is 0 Å². The van der Waals surface area contributed by atoms with Gasteiger partial charge in [0.15, 0.2) is 12.1 Å². The fourth-order valence-electron chi connectivity index (χ4n) is 5.23. The van der Waals surface area contributed by atoms with Crippen LogP contribution in [0.4, 0.5) is 17.6 Å². The lowest BCUT2D eigenvalue weighted by Gasteiger charge is -2.41. The Morgan fingerprint density at radius 1 is 0.914 bits per heavy atom. The zero-order valence-electron chi connectivity index (χ0n) is 19.7. The predicted octanol–water partition coefficient (Wildman–Crippen LogP) is 5.41. The molecule has 0 bridgehead atoms. The number of piperidine rings is 2. The maximum Gasteiger partial charge on any atom is 0.416 e. The molecule has 0 spiro atoms. The van der Waals surface area contributed by atoms with Gasteiger partial charge in [-0.15, -0.1) is 0 Å². The molecule has 4 rings (SSSR count). The zero-order chi connectivity index (χ0) is 25.1. The highest BCUT2D eigenvalue weighted by atomic mass is 19.4. The first kappa shape index (κ1) is 25.8. The van der Waals surface area contributed by atoms with Crippen molar-refractivity contribution >= 4 is 5.78 Å². The van der Waals surface area contributed by atoms with Gasteiger partial charge < -0.3 is 5.11 Å². The van der Waals surface area contributed by atoms with Gasteiger partial charge in [-0.2, -0.15) is 13.2 Å². The van der Waals surface area contributed by atoms with Crippen LogP contribution in [0.1, 0.15) is 60.0 Å². The Balaban J connectivity index is 1.43. The van der Waals surface area contributed by atoms with E-state index < -0.39 is 29.7 Å². The predicted molar refractivity (Wildman–Crippen MR) is 126 cm³/mol. The minimum absolute atomic E-state index is 0.0235. The summed E-state index contributed by atoms with van der Waals surface area (Å²) in [5.74, 6) is -0.0902. The van der Waals surface area contributed by atoms with E-state index in [1.165, 1.54) is 12.1 Å². The van der Waals surface area contributed by atoms with Crippen molar-refractivity contribution in [2.45, 2.75) is 62.6 Å². The van der Waals surface area contributed by atoms with Crippen LogP contribution in [-0.4, -0.2) is 59.2 Å². The van der Waals surface area contributed by atoms with Crippen LogP contribution < -0.4 is 0 Å². The zero-order valence-corrected chi connectivity index (χ0v) is 19.7. The summed E-state index contributed by atoms with van der Waals surface area (Å²) in [6, 6.07) is 13.1. The van der Waals surface area contributed by atoms with Gasteiger partial charge in [0.2, 0.25) is 0 Å². The van der Waals surface area contributed by atoms with Crippen LogP contribution >= 0.6 is 0 Å². The van der Waals surface area contributed by atoms with Crippen molar-refractivity contribution in [3.8, 4) is 0 Å². The van der Waals surface area contributed by atoms with Crippen molar-refractivity contribution in [1.29, 1.82) is 0 Å². The second-order valence-corrected chi connectivity index (χ2v) is 9.66. The Hall–Kier alpha value is -2.29. The van der Waals surface area contributed by atoms with Crippen LogP contribution in [0.2, 0.25) is 0 Å². The molecule has 2 aliphatic heterocycles. The van der Waals surface area contributed by atoms with Gasteiger partial charge in [-0.1, -0.05) is 48.9 Å². The molecule has 2 aromatic carbocycles. The largest absolute Gasteiger partial charge is 0.416 e. The number of likely N-dealkylation sites (tertiary alicyclic amines) is 2. The van der Waals surface area contributed by atoms with E-state index in [-0.39, 0.29) is 43.7 Å². The van der Waals surface area contributed by atoms with Gasteiger partial charge in [0.25, 0.3) is 0 Å². The SMILES string of the molecule is O=C(c1ccccc1)C(CC(F)N1CCC(O)(c2cccc(C(F)(F)F)c2)CC1)N1CCCCC1. The Bertz CT molecular complexity index is 984. The lowest BCUT2D eigenvalue weighted by Crippen LogP contribution is -2.50. The lowest BCUT2D eigenvalue weighted by molar-refractivity contribution is -0.137. The normalized spacial score (nSPS) is 21.4. The van der Waals surface area contributed by atoms with E-state index in [9.17, 15) is 23.1 Å². The van der Waals surface area contributed by atoms with Crippen molar-refractivity contribution in [3.05, 3.63) is 71.3 Å². The minimum atomic E-state index is -4.49. The average Bonchev–Trinajstić information content (AvgIpc) is 2.88. The summed E-state index contributed by atoms with van der Waals surface area (Å²) in [7, 11) is 0. The number of ketones is 1. The van der Waals surface area contributed by atoms with Gasteiger partial charge in [0.05, 0.1) is 17.2 Å². The van der Waals surface area contributed by atoms with E-state index >= 15 is 4.39 Å². The van der Waals surface area contributed by atoms with Crippen molar-refractivity contribution in [1.82, 2.24) is 9.80 Å². The first-order valence-corrected chi connectivity index (χ1v) is 12.3. The van der Waals surface area contributed by atoms with Gasteiger partial charge in [0.1, 0.15) is 0 Å². The first-order chi connectivity index (χ1) is 16.7. The molecule has 2 aliphatic rings. The third-order valence-electron chi connectivity index (χ3n) is 7.36. The van der Waals surface area contributed by atoms with E-state index in [1.54, 1.807) is 29.2 Å². The highest BCUT2D eigenvalue weighted by Crippen LogP contribution is 2.37. The van der Waals surface area contributed by atoms with Crippen LogP contribution in [0.5, 0.6) is 0 Å². The van der Waals surface area contributed by atoms with Crippen molar-refractivity contribution in [2.24, 2.45) is 0 Å². The van der Waals surface area contributed by atoms with Crippen LogP contribution in [0.15, 0.2) is 54.6 Å². The molecule has 2 atom stereocenters. The molecule has 0 aliphatic carbocycles. The molecule has 2 unspecified atom stereocenters. The number of alkyl halides is 4. The molecule has 1 N–H and O–H groups in total. The molecular weight excluding hydrogens is 460 g/mol. The molecule has 8 heteroatoms. The van der Waals surface area contributed by atoms with Gasteiger partial charge in [-0.25, -0.2) is 4.39 Å². The molecule has 2 aromatic rings. The van der Waals surface area contributed by atoms with Crippen LogP contribution in [0, 0.1) is 0 Å². The number of hydrogen-bond acceptors (Lipinski definition) is 4. The van der Waals surface area contributed by atoms with Gasteiger partial charge in [-0.05, 0) is 56.5 Å². The quantitative estimate of drug-likeness (QED) is 0.319. The summed E-state index contributed by atoms with van der Waals surface area (Å²) in [5.41, 5.74) is -1.48. The molecule has 2 heterocycles. The van der Waals surface area contributed by atoms with E-state index in [2.05, 4.69) is 4.90 Å². The van der Waals surface area contributed by atoms with Gasteiger partial charge in [0, 0.05) is 25.1 Å². The molecule has 190 valence electrons. The number of nitrogens with zero attached hydrogens (tertiary/aromatic N) is 2. The number of Topliss-reactive ketones (excluding diaryl/α,β-unsaturated/α-hetero) is 1. The summed E-state index contributed by atoms with van der Waals surface area (Å²) < 4.78 is 54.9. The average molecular weight is 493 g/mol. The molecule has 0 radical (unpaired) electrons.